The Morgan fingerprint density at radius 2 is 2.41 bits per heavy atom. The first kappa shape index (κ1) is 12.4. The number of hydrogen-bond donors (Lipinski definition) is 2. The number of amides is 1. The molecule has 94 valence electrons. The molecule has 0 aromatic carbocycles. The van der Waals surface area contributed by atoms with Gasteiger partial charge in [0, 0.05) is 12.0 Å². The van der Waals surface area contributed by atoms with Gasteiger partial charge in [-0.3, -0.25) is 9.89 Å². The zero-order valence-electron chi connectivity index (χ0n) is 10.2. The van der Waals surface area contributed by atoms with E-state index in [1.165, 1.54) is 0 Å². The van der Waals surface area contributed by atoms with Crippen molar-refractivity contribution in [3.05, 3.63) is 11.6 Å². The molecule has 1 amide bonds. The first-order chi connectivity index (χ1) is 8.20. The molecule has 2 rings (SSSR count). The van der Waals surface area contributed by atoms with Crippen molar-refractivity contribution in [3.8, 4) is 0 Å². The van der Waals surface area contributed by atoms with Crippen LogP contribution in [0.3, 0.4) is 0 Å². The third-order valence-corrected chi connectivity index (χ3v) is 3.45. The summed E-state index contributed by atoms with van der Waals surface area (Å²) >= 11 is 1.78. The summed E-state index contributed by atoms with van der Waals surface area (Å²) in [4.78, 5) is 16.0. The van der Waals surface area contributed by atoms with Crippen LogP contribution in [-0.2, 0) is 0 Å². The predicted octanol–water partition coefficient (Wildman–Crippen LogP) is 1.55. The average Bonchev–Trinajstić information content (AvgIpc) is 3.04. The number of hydrogen-bond acceptors (Lipinski definition) is 4. The van der Waals surface area contributed by atoms with E-state index in [1.807, 2.05) is 6.92 Å². The molecule has 1 saturated carbocycles. The molecule has 6 heteroatoms. The van der Waals surface area contributed by atoms with Gasteiger partial charge >= 0.3 is 0 Å². The molecule has 1 aliphatic carbocycles. The maximum Gasteiger partial charge on any atom is 0.291 e. The Morgan fingerprint density at radius 3 is 3.06 bits per heavy atom. The van der Waals surface area contributed by atoms with Crippen molar-refractivity contribution in [3.63, 3.8) is 0 Å². The summed E-state index contributed by atoms with van der Waals surface area (Å²) in [6.45, 7) is 2.00. The standard InChI is InChI=1S/C11H18N4OS/c1-7(5-6-17-2)12-11(16)10-13-9(14-15-10)8-3-4-8/h7-8H,3-6H2,1-2H3,(H,12,16)(H,13,14,15). The van der Waals surface area contributed by atoms with E-state index < -0.39 is 0 Å². The normalized spacial score (nSPS) is 16.8. The van der Waals surface area contributed by atoms with Crippen molar-refractivity contribution in [1.29, 1.82) is 0 Å². The molecule has 5 nitrogen and oxygen atoms in total. The highest BCUT2D eigenvalue weighted by molar-refractivity contribution is 7.98. The first-order valence-electron chi connectivity index (χ1n) is 5.92. The Bertz CT molecular complexity index is 389. The molecule has 0 saturated heterocycles. The Balaban J connectivity index is 1.85. The van der Waals surface area contributed by atoms with Crippen LogP contribution in [0.4, 0.5) is 0 Å². The molecule has 1 aliphatic rings. The van der Waals surface area contributed by atoms with E-state index in [9.17, 15) is 4.79 Å². The average molecular weight is 254 g/mol. The summed E-state index contributed by atoms with van der Waals surface area (Å²) < 4.78 is 0. The van der Waals surface area contributed by atoms with Gasteiger partial charge in [-0.15, -0.1) is 5.10 Å². The fourth-order valence-corrected chi connectivity index (χ4v) is 2.16. The highest BCUT2D eigenvalue weighted by Crippen LogP contribution is 2.37. The van der Waals surface area contributed by atoms with Gasteiger partial charge in [-0.05, 0) is 38.2 Å². The number of aromatic amines is 1. The SMILES string of the molecule is CSCCC(C)NC(=O)c1n[nH]c(C2CC2)n1. The lowest BCUT2D eigenvalue weighted by Gasteiger charge is -2.11. The molecule has 1 fully saturated rings. The number of nitrogens with zero attached hydrogens (tertiary/aromatic N) is 2. The van der Waals surface area contributed by atoms with Gasteiger partial charge in [-0.25, -0.2) is 4.98 Å². The van der Waals surface area contributed by atoms with E-state index in [0.29, 0.717) is 5.92 Å². The van der Waals surface area contributed by atoms with Crippen molar-refractivity contribution in [2.45, 2.75) is 38.1 Å². The number of carbonyl (C=O) groups excluding carboxylic acids is 1. The fraction of sp³-hybridized carbons (Fsp3) is 0.727. The molecule has 1 aromatic heterocycles. The maximum absolute atomic E-state index is 11.8. The lowest BCUT2D eigenvalue weighted by molar-refractivity contribution is 0.0929. The number of nitrogens with one attached hydrogen (secondary N) is 2. The summed E-state index contributed by atoms with van der Waals surface area (Å²) in [6, 6.07) is 0.165. The van der Waals surface area contributed by atoms with E-state index in [2.05, 4.69) is 26.8 Å². The predicted molar refractivity (Wildman–Crippen MR) is 68.3 cm³/mol. The Kier molecular flexibility index (Phi) is 4.04. The van der Waals surface area contributed by atoms with Crippen molar-refractivity contribution in [1.82, 2.24) is 20.5 Å². The Labute approximate surface area is 105 Å². The topological polar surface area (TPSA) is 70.7 Å². The van der Waals surface area contributed by atoms with E-state index in [-0.39, 0.29) is 17.8 Å². The van der Waals surface area contributed by atoms with Gasteiger partial charge in [0.05, 0.1) is 0 Å². The zero-order valence-corrected chi connectivity index (χ0v) is 11.0. The van der Waals surface area contributed by atoms with Crippen molar-refractivity contribution in [2.75, 3.05) is 12.0 Å². The van der Waals surface area contributed by atoms with Crippen LogP contribution >= 0.6 is 11.8 Å². The lowest BCUT2D eigenvalue weighted by Crippen LogP contribution is -2.33. The number of carbonyl (C=O) groups is 1. The Hall–Kier alpha value is -1.04. The van der Waals surface area contributed by atoms with Gasteiger partial charge < -0.3 is 5.32 Å². The van der Waals surface area contributed by atoms with Gasteiger partial charge in [-0.2, -0.15) is 11.8 Å². The molecular weight excluding hydrogens is 236 g/mol. The summed E-state index contributed by atoms with van der Waals surface area (Å²) in [5, 5.41) is 9.70. The maximum atomic E-state index is 11.8. The van der Waals surface area contributed by atoms with Crippen LogP contribution in [-0.4, -0.2) is 39.1 Å². The third-order valence-electron chi connectivity index (χ3n) is 2.80. The van der Waals surface area contributed by atoms with E-state index in [1.54, 1.807) is 11.8 Å². The molecule has 1 aromatic rings. The van der Waals surface area contributed by atoms with Gasteiger partial charge in [-0.1, -0.05) is 0 Å². The van der Waals surface area contributed by atoms with E-state index >= 15 is 0 Å². The molecule has 2 N–H and O–H groups in total. The van der Waals surface area contributed by atoms with Crippen LogP contribution in [0.5, 0.6) is 0 Å². The van der Waals surface area contributed by atoms with Gasteiger partial charge in [0.2, 0.25) is 5.82 Å². The molecule has 1 unspecified atom stereocenters. The van der Waals surface area contributed by atoms with Crippen LogP contribution in [0.1, 0.15) is 48.5 Å². The number of rotatable bonds is 6. The highest BCUT2D eigenvalue weighted by Gasteiger charge is 2.28. The first-order valence-corrected chi connectivity index (χ1v) is 7.32. The van der Waals surface area contributed by atoms with Gasteiger partial charge in [0.15, 0.2) is 0 Å². The molecule has 0 bridgehead atoms. The lowest BCUT2D eigenvalue weighted by atomic mass is 10.2. The number of H-pyrrole nitrogens is 1. The second-order valence-corrected chi connectivity index (χ2v) is 5.46. The van der Waals surface area contributed by atoms with Gasteiger partial charge in [0.25, 0.3) is 5.91 Å². The highest BCUT2D eigenvalue weighted by atomic mass is 32.2. The molecule has 1 atom stereocenters. The Morgan fingerprint density at radius 1 is 1.65 bits per heavy atom. The molecule has 1 heterocycles. The van der Waals surface area contributed by atoms with Crippen LogP contribution in [0.25, 0.3) is 0 Å². The van der Waals surface area contributed by atoms with Crippen molar-refractivity contribution >= 4 is 17.7 Å². The largest absolute Gasteiger partial charge is 0.347 e. The summed E-state index contributed by atoms with van der Waals surface area (Å²) in [5.41, 5.74) is 0. The molecule has 0 aliphatic heterocycles. The monoisotopic (exact) mass is 254 g/mol. The molecule has 17 heavy (non-hydrogen) atoms. The third kappa shape index (κ3) is 3.46. The molecule has 0 radical (unpaired) electrons. The van der Waals surface area contributed by atoms with Crippen LogP contribution in [0.2, 0.25) is 0 Å². The number of aromatic nitrogens is 3. The summed E-state index contributed by atoms with van der Waals surface area (Å²) in [6.07, 6.45) is 5.33. The molecular formula is C11H18N4OS. The van der Waals surface area contributed by atoms with Crippen LogP contribution in [0.15, 0.2) is 0 Å². The zero-order chi connectivity index (χ0) is 12.3. The van der Waals surface area contributed by atoms with Crippen molar-refractivity contribution < 1.29 is 4.79 Å². The quantitative estimate of drug-likeness (QED) is 0.808. The molecule has 0 spiro atoms. The van der Waals surface area contributed by atoms with Crippen LogP contribution < -0.4 is 5.32 Å². The second-order valence-electron chi connectivity index (χ2n) is 4.47. The van der Waals surface area contributed by atoms with E-state index in [4.69, 9.17) is 0 Å². The smallest absolute Gasteiger partial charge is 0.291 e. The minimum atomic E-state index is -0.179. The minimum Gasteiger partial charge on any atom is -0.347 e. The van der Waals surface area contributed by atoms with Crippen molar-refractivity contribution in [2.24, 2.45) is 0 Å². The minimum absolute atomic E-state index is 0.165. The number of thioether (sulfide) groups is 1. The van der Waals surface area contributed by atoms with Crippen LogP contribution in [0, 0.1) is 0 Å². The summed E-state index contributed by atoms with van der Waals surface area (Å²) in [7, 11) is 0. The van der Waals surface area contributed by atoms with Gasteiger partial charge in [0.1, 0.15) is 5.82 Å². The van der Waals surface area contributed by atoms with E-state index in [0.717, 1.165) is 30.8 Å². The summed E-state index contributed by atoms with van der Waals surface area (Å²) in [5.74, 6) is 2.48. The second kappa shape index (κ2) is 5.53. The fourth-order valence-electron chi connectivity index (χ4n) is 1.57.